The molecule has 1 aromatic rings. The fourth-order valence-corrected chi connectivity index (χ4v) is 3.19. The molecule has 1 N–H and O–H groups in total. The van der Waals surface area contributed by atoms with E-state index in [1.807, 2.05) is 4.90 Å². The topological polar surface area (TPSA) is 96.2 Å². The molecule has 3 heterocycles. The minimum Gasteiger partial charge on any atom is -0.341 e. The maximum absolute atomic E-state index is 12.6. The Hall–Kier alpha value is -2.03. The third-order valence-electron chi connectivity index (χ3n) is 4.44. The van der Waals surface area contributed by atoms with E-state index < -0.39 is 0 Å². The van der Waals surface area contributed by atoms with Crippen LogP contribution >= 0.6 is 0 Å². The number of carbonyl (C=O) groups is 2. The highest BCUT2D eigenvalue weighted by atomic mass is 16.2. The Morgan fingerprint density at radius 1 is 1.22 bits per heavy atom. The maximum atomic E-state index is 12.6. The first-order valence-electron chi connectivity index (χ1n) is 8.25. The zero-order chi connectivity index (χ0) is 16.1. The molecule has 0 unspecified atom stereocenters. The van der Waals surface area contributed by atoms with Crippen LogP contribution in [0.2, 0.25) is 0 Å². The SMILES string of the molecule is O=C([C@H]1CNCCN1C(=O)CCCn1cnnn1)N1CCCC1. The van der Waals surface area contributed by atoms with Crippen LogP contribution in [-0.2, 0) is 16.1 Å². The minimum absolute atomic E-state index is 0.0390. The van der Waals surface area contributed by atoms with Crippen LogP contribution in [0.3, 0.4) is 0 Å². The minimum atomic E-state index is -0.359. The second-order valence-electron chi connectivity index (χ2n) is 6.02. The number of likely N-dealkylation sites (tertiary alicyclic amines) is 1. The summed E-state index contributed by atoms with van der Waals surface area (Å²) in [4.78, 5) is 28.8. The van der Waals surface area contributed by atoms with Crippen molar-refractivity contribution in [2.75, 3.05) is 32.7 Å². The molecule has 23 heavy (non-hydrogen) atoms. The van der Waals surface area contributed by atoms with Gasteiger partial charge in [-0.2, -0.15) is 0 Å². The quantitative estimate of drug-likeness (QED) is 0.738. The molecule has 0 bridgehead atoms. The molecule has 1 aromatic heterocycles. The number of rotatable bonds is 5. The molecular weight excluding hydrogens is 298 g/mol. The number of aromatic nitrogens is 4. The van der Waals surface area contributed by atoms with Crippen LogP contribution in [0.15, 0.2) is 6.33 Å². The van der Waals surface area contributed by atoms with Gasteiger partial charge in [0.05, 0.1) is 0 Å². The maximum Gasteiger partial charge on any atom is 0.246 e. The summed E-state index contributed by atoms with van der Waals surface area (Å²) in [6.07, 6.45) is 4.73. The molecule has 2 aliphatic heterocycles. The Labute approximate surface area is 135 Å². The van der Waals surface area contributed by atoms with Crippen molar-refractivity contribution in [2.45, 2.75) is 38.3 Å². The van der Waals surface area contributed by atoms with Crippen LogP contribution in [0.25, 0.3) is 0 Å². The van der Waals surface area contributed by atoms with E-state index >= 15 is 0 Å². The molecule has 0 aromatic carbocycles. The molecule has 3 rings (SSSR count). The summed E-state index contributed by atoms with van der Waals surface area (Å²) in [6.45, 7) is 4.12. The predicted octanol–water partition coefficient (Wildman–Crippen LogP) is -1.12. The van der Waals surface area contributed by atoms with Crippen molar-refractivity contribution in [3.8, 4) is 0 Å². The molecule has 9 nitrogen and oxygen atoms in total. The van der Waals surface area contributed by atoms with Crippen molar-refractivity contribution in [1.29, 1.82) is 0 Å². The van der Waals surface area contributed by atoms with Crippen LogP contribution in [-0.4, -0.2) is 80.6 Å². The molecule has 126 valence electrons. The molecule has 2 amide bonds. The lowest BCUT2D eigenvalue weighted by molar-refractivity contribution is -0.146. The van der Waals surface area contributed by atoms with E-state index in [9.17, 15) is 9.59 Å². The molecular formula is C14H23N7O2. The smallest absolute Gasteiger partial charge is 0.246 e. The van der Waals surface area contributed by atoms with E-state index in [2.05, 4.69) is 20.8 Å². The van der Waals surface area contributed by atoms with Gasteiger partial charge in [-0.05, 0) is 29.7 Å². The first-order valence-corrected chi connectivity index (χ1v) is 8.25. The van der Waals surface area contributed by atoms with Crippen molar-refractivity contribution in [1.82, 2.24) is 35.3 Å². The van der Waals surface area contributed by atoms with Gasteiger partial charge in [0.25, 0.3) is 0 Å². The van der Waals surface area contributed by atoms with Crippen molar-refractivity contribution in [3.05, 3.63) is 6.33 Å². The van der Waals surface area contributed by atoms with E-state index in [-0.39, 0.29) is 17.9 Å². The highest BCUT2D eigenvalue weighted by Gasteiger charge is 2.35. The summed E-state index contributed by atoms with van der Waals surface area (Å²) in [5.74, 6) is 0.126. The van der Waals surface area contributed by atoms with Gasteiger partial charge in [-0.15, -0.1) is 5.10 Å². The summed E-state index contributed by atoms with van der Waals surface area (Å²) in [6, 6.07) is -0.359. The van der Waals surface area contributed by atoms with Crippen LogP contribution in [0.1, 0.15) is 25.7 Å². The Kier molecular flexibility index (Phi) is 5.16. The van der Waals surface area contributed by atoms with Gasteiger partial charge in [0, 0.05) is 45.7 Å². The number of hydrogen-bond donors (Lipinski definition) is 1. The van der Waals surface area contributed by atoms with E-state index in [1.165, 1.54) is 6.33 Å². The third kappa shape index (κ3) is 3.84. The molecule has 2 aliphatic rings. The number of tetrazole rings is 1. The van der Waals surface area contributed by atoms with Gasteiger partial charge in [-0.25, -0.2) is 4.68 Å². The molecule has 0 radical (unpaired) electrons. The fourth-order valence-electron chi connectivity index (χ4n) is 3.19. The molecule has 9 heteroatoms. The van der Waals surface area contributed by atoms with Gasteiger partial charge >= 0.3 is 0 Å². The molecule has 2 fully saturated rings. The first-order chi connectivity index (χ1) is 11.3. The molecule has 2 saturated heterocycles. The molecule has 0 spiro atoms. The van der Waals surface area contributed by atoms with Crippen molar-refractivity contribution >= 4 is 11.8 Å². The van der Waals surface area contributed by atoms with E-state index in [4.69, 9.17) is 0 Å². The van der Waals surface area contributed by atoms with Gasteiger partial charge in [0.15, 0.2) is 0 Å². The van der Waals surface area contributed by atoms with E-state index in [0.717, 1.165) is 32.5 Å². The number of hydrogen-bond acceptors (Lipinski definition) is 6. The standard InChI is InChI=1S/C14H23N7O2/c22-13(4-3-8-20-11-16-17-18-20)21-9-5-15-10-12(21)14(23)19-6-1-2-7-19/h11-12,15H,1-10H2/t12-/m1/s1. The van der Waals surface area contributed by atoms with Gasteiger partial charge in [0.2, 0.25) is 11.8 Å². The summed E-state index contributed by atoms with van der Waals surface area (Å²) in [5, 5.41) is 14.1. The second kappa shape index (κ2) is 7.49. The van der Waals surface area contributed by atoms with Crippen molar-refractivity contribution < 1.29 is 9.59 Å². The zero-order valence-corrected chi connectivity index (χ0v) is 13.2. The number of carbonyl (C=O) groups excluding carboxylic acids is 2. The Bertz CT molecular complexity index is 527. The van der Waals surface area contributed by atoms with Gasteiger partial charge in [-0.3, -0.25) is 9.59 Å². The van der Waals surface area contributed by atoms with Gasteiger partial charge < -0.3 is 15.1 Å². The number of piperazine rings is 1. The van der Waals surface area contributed by atoms with Crippen molar-refractivity contribution in [3.63, 3.8) is 0 Å². The second-order valence-corrected chi connectivity index (χ2v) is 6.02. The largest absolute Gasteiger partial charge is 0.341 e. The predicted molar refractivity (Wildman–Crippen MR) is 81.2 cm³/mol. The third-order valence-corrected chi connectivity index (χ3v) is 4.44. The number of nitrogens with one attached hydrogen (secondary N) is 1. The average molecular weight is 321 g/mol. The zero-order valence-electron chi connectivity index (χ0n) is 13.2. The Morgan fingerprint density at radius 2 is 2.04 bits per heavy atom. The lowest BCUT2D eigenvalue weighted by Gasteiger charge is -2.37. The van der Waals surface area contributed by atoms with Crippen molar-refractivity contribution in [2.24, 2.45) is 0 Å². The Morgan fingerprint density at radius 3 is 2.78 bits per heavy atom. The van der Waals surface area contributed by atoms with Gasteiger partial charge in [-0.1, -0.05) is 0 Å². The lowest BCUT2D eigenvalue weighted by atomic mass is 10.1. The number of aryl methyl sites for hydroxylation is 1. The average Bonchev–Trinajstić information content (AvgIpc) is 3.27. The number of nitrogens with zero attached hydrogens (tertiary/aromatic N) is 6. The van der Waals surface area contributed by atoms with Crippen LogP contribution in [0.5, 0.6) is 0 Å². The summed E-state index contributed by atoms with van der Waals surface area (Å²) in [7, 11) is 0. The number of amides is 2. The molecule has 1 atom stereocenters. The summed E-state index contributed by atoms with van der Waals surface area (Å²) in [5.41, 5.74) is 0. The van der Waals surface area contributed by atoms with E-state index in [0.29, 0.717) is 32.5 Å². The monoisotopic (exact) mass is 321 g/mol. The Balaban J connectivity index is 1.54. The summed E-state index contributed by atoms with van der Waals surface area (Å²) < 4.78 is 1.61. The lowest BCUT2D eigenvalue weighted by Crippen LogP contribution is -2.59. The normalized spacial score (nSPS) is 21.7. The molecule has 0 aliphatic carbocycles. The van der Waals surface area contributed by atoms with Crippen LogP contribution < -0.4 is 5.32 Å². The first kappa shape index (κ1) is 15.9. The highest BCUT2D eigenvalue weighted by Crippen LogP contribution is 2.15. The fraction of sp³-hybridized carbons (Fsp3) is 0.786. The van der Waals surface area contributed by atoms with Crippen LogP contribution in [0.4, 0.5) is 0 Å². The highest BCUT2D eigenvalue weighted by molar-refractivity contribution is 5.88. The summed E-state index contributed by atoms with van der Waals surface area (Å²) >= 11 is 0. The van der Waals surface area contributed by atoms with E-state index in [1.54, 1.807) is 9.58 Å². The molecule has 0 saturated carbocycles. The van der Waals surface area contributed by atoms with Gasteiger partial charge in [0.1, 0.15) is 12.4 Å². The van der Waals surface area contributed by atoms with Crippen LogP contribution in [0, 0.1) is 0 Å².